The molecule has 4 atom stereocenters. The number of fused-ring (bicyclic) bond motifs is 2. The third-order valence-electron chi connectivity index (χ3n) is 11.6. The van der Waals surface area contributed by atoms with Gasteiger partial charge in [-0.15, -0.1) is 0 Å². The summed E-state index contributed by atoms with van der Waals surface area (Å²) in [5, 5.41) is 6.18. The molecule has 1 fully saturated rings. The summed E-state index contributed by atoms with van der Waals surface area (Å²) in [6.45, 7) is 16.4. The molecule has 15 nitrogen and oxygen atoms in total. The molecular formula is C49H60N6O9S. The van der Waals surface area contributed by atoms with E-state index in [1.807, 2.05) is 24.3 Å². The third-order valence-corrected chi connectivity index (χ3v) is 12.9. The van der Waals surface area contributed by atoms with E-state index in [1.54, 1.807) is 72.9 Å². The number of hydrogen-bond donors (Lipinski definition) is 3. The van der Waals surface area contributed by atoms with Crippen LogP contribution in [-0.4, -0.2) is 98.7 Å². The minimum Gasteiger partial charge on any atom is -0.497 e. The normalized spacial score (nSPS) is 17.8. The predicted octanol–water partition coefficient (Wildman–Crippen LogP) is 6.70. The smallest absolute Gasteiger partial charge is 0.408 e. The first-order chi connectivity index (χ1) is 30.6. The molecule has 0 saturated carbocycles. The van der Waals surface area contributed by atoms with Crippen molar-refractivity contribution in [3.63, 3.8) is 0 Å². The van der Waals surface area contributed by atoms with Crippen molar-refractivity contribution >= 4 is 50.4 Å². The highest BCUT2D eigenvalue weighted by Gasteiger charge is 2.47. The van der Waals surface area contributed by atoms with Gasteiger partial charge in [0.25, 0.3) is 15.9 Å². The van der Waals surface area contributed by atoms with Gasteiger partial charge in [-0.25, -0.2) is 22.9 Å². The number of amides is 4. The second-order valence-corrected chi connectivity index (χ2v) is 19.9. The Hall–Kier alpha value is -6.42. The molecule has 4 amide bonds. The van der Waals surface area contributed by atoms with E-state index in [1.165, 1.54) is 41.7 Å². The van der Waals surface area contributed by atoms with Gasteiger partial charge in [0.1, 0.15) is 40.8 Å². The topological polar surface area (TPSA) is 186 Å². The number of likely N-dealkylation sites (N-methyl/N-ethyl adjacent to an activating group) is 1. The van der Waals surface area contributed by atoms with Crippen LogP contribution in [0.3, 0.4) is 0 Å². The molecule has 1 saturated heterocycles. The number of ether oxygens (including phenoxy) is 3. The van der Waals surface area contributed by atoms with Crippen LogP contribution in [0.2, 0.25) is 0 Å². The van der Waals surface area contributed by atoms with E-state index in [2.05, 4.69) is 46.0 Å². The minimum atomic E-state index is -4.35. The van der Waals surface area contributed by atoms with Gasteiger partial charge >= 0.3 is 6.09 Å². The fourth-order valence-corrected chi connectivity index (χ4v) is 8.96. The van der Waals surface area contributed by atoms with E-state index in [-0.39, 0.29) is 24.3 Å². The van der Waals surface area contributed by atoms with Crippen LogP contribution in [0.4, 0.5) is 10.5 Å². The van der Waals surface area contributed by atoms with Crippen LogP contribution < -0.4 is 29.7 Å². The number of carbonyl (C=O) groups is 4. The highest BCUT2D eigenvalue weighted by atomic mass is 32.2. The van der Waals surface area contributed by atoms with Crippen LogP contribution in [0, 0.1) is 5.92 Å². The van der Waals surface area contributed by atoms with Crippen LogP contribution in [0.15, 0.2) is 102 Å². The second kappa shape index (κ2) is 19.4. The number of nitrogens with one attached hydrogen (secondary N) is 3. The maximum absolute atomic E-state index is 14.8. The van der Waals surface area contributed by atoms with Gasteiger partial charge in [-0.2, -0.15) is 0 Å². The number of benzene rings is 3. The minimum absolute atomic E-state index is 0.0309. The molecule has 3 aromatic carbocycles. The SMILES string of the molecule is C=CC(C)=CCC(C)(NC(=O)[C@@H]1C[C@@H](Oc2cc(-c3ccc4c(c3)CCN4C)nc3cc(OC)ccc23)CN1C(=O)[C@@H](NC(=O)OC(C)(C)C)C(C)C)C(=O)NS(=O)(=O)c1ccccc1. The highest BCUT2D eigenvalue weighted by molar-refractivity contribution is 7.90. The van der Waals surface area contributed by atoms with Crippen molar-refractivity contribution in [1.29, 1.82) is 0 Å². The molecule has 1 unspecified atom stereocenters. The molecular weight excluding hydrogens is 849 g/mol. The zero-order valence-electron chi connectivity index (χ0n) is 38.6. The van der Waals surface area contributed by atoms with Crippen molar-refractivity contribution in [2.24, 2.45) is 5.92 Å². The Morgan fingerprint density at radius 3 is 2.38 bits per heavy atom. The van der Waals surface area contributed by atoms with Gasteiger partial charge in [0.15, 0.2) is 0 Å². The lowest BCUT2D eigenvalue weighted by molar-refractivity contribution is -0.142. The van der Waals surface area contributed by atoms with Crippen molar-refractivity contribution in [3.05, 3.63) is 103 Å². The Bertz CT molecular complexity index is 2610. The molecule has 65 heavy (non-hydrogen) atoms. The molecule has 0 bridgehead atoms. The van der Waals surface area contributed by atoms with Crippen LogP contribution in [0.5, 0.6) is 11.5 Å². The fraction of sp³-hybridized carbons (Fsp3) is 0.408. The summed E-state index contributed by atoms with van der Waals surface area (Å²) in [4.78, 5) is 65.2. The summed E-state index contributed by atoms with van der Waals surface area (Å²) >= 11 is 0. The summed E-state index contributed by atoms with van der Waals surface area (Å²) in [6, 6.07) is 18.6. The third kappa shape index (κ3) is 11.3. The summed E-state index contributed by atoms with van der Waals surface area (Å²) in [5.41, 5.74) is 2.47. The number of likely N-dealkylation sites (tertiary alicyclic amines) is 1. The molecule has 4 aromatic rings. The average Bonchev–Trinajstić information content (AvgIpc) is 3.86. The van der Waals surface area contributed by atoms with E-state index >= 15 is 0 Å². The van der Waals surface area contributed by atoms with E-state index in [0.717, 1.165) is 24.2 Å². The van der Waals surface area contributed by atoms with E-state index in [0.29, 0.717) is 33.7 Å². The molecule has 6 rings (SSSR count). The van der Waals surface area contributed by atoms with E-state index in [9.17, 15) is 27.6 Å². The maximum Gasteiger partial charge on any atom is 0.408 e. The lowest BCUT2D eigenvalue weighted by Crippen LogP contribution is -2.62. The number of rotatable bonds is 15. The largest absolute Gasteiger partial charge is 0.497 e. The van der Waals surface area contributed by atoms with Crippen molar-refractivity contribution in [2.45, 2.75) is 102 Å². The lowest BCUT2D eigenvalue weighted by Gasteiger charge is -2.34. The van der Waals surface area contributed by atoms with Gasteiger partial charge in [-0.05, 0) is 95.3 Å². The first kappa shape index (κ1) is 48.0. The van der Waals surface area contributed by atoms with Crippen LogP contribution >= 0.6 is 0 Å². The monoisotopic (exact) mass is 908 g/mol. The molecule has 1 aromatic heterocycles. The van der Waals surface area contributed by atoms with Gasteiger partial charge in [0.2, 0.25) is 11.8 Å². The van der Waals surface area contributed by atoms with Crippen LogP contribution in [0.25, 0.3) is 22.2 Å². The van der Waals surface area contributed by atoms with Crippen molar-refractivity contribution in [3.8, 4) is 22.8 Å². The van der Waals surface area contributed by atoms with Crippen molar-refractivity contribution in [2.75, 3.05) is 32.1 Å². The van der Waals surface area contributed by atoms with E-state index < -0.39 is 69.1 Å². The summed E-state index contributed by atoms with van der Waals surface area (Å²) < 4.78 is 46.8. The van der Waals surface area contributed by atoms with Gasteiger partial charge in [0, 0.05) is 48.8 Å². The number of hydrogen-bond acceptors (Lipinski definition) is 11. The first-order valence-electron chi connectivity index (χ1n) is 21.6. The molecule has 2 aliphatic rings. The van der Waals surface area contributed by atoms with Crippen molar-refractivity contribution < 1.29 is 41.8 Å². The summed E-state index contributed by atoms with van der Waals surface area (Å²) in [7, 11) is -0.716. The molecule has 346 valence electrons. The molecule has 0 radical (unpaired) electrons. The molecule has 3 N–H and O–H groups in total. The average molecular weight is 909 g/mol. The van der Waals surface area contributed by atoms with Crippen molar-refractivity contribution in [1.82, 2.24) is 25.2 Å². The Labute approximate surface area is 381 Å². The maximum atomic E-state index is 14.8. The van der Waals surface area contributed by atoms with Gasteiger partial charge < -0.3 is 34.6 Å². The molecule has 2 aliphatic heterocycles. The number of pyridine rings is 1. The lowest BCUT2D eigenvalue weighted by atomic mass is 9.94. The number of allylic oxidation sites excluding steroid dienone is 2. The van der Waals surface area contributed by atoms with Crippen LogP contribution in [0.1, 0.15) is 66.9 Å². The van der Waals surface area contributed by atoms with E-state index in [4.69, 9.17) is 19.2 Å². The summed E-state index contributed by atoms with van der Waals surface area (Å²) in [6.07, 6.45) is 2.37. The Balaban J connectivity index is 1.38. The predicted molar refractivity (Wildman–Crippen MR) is 250 cm³/mol. The Morgan fingerprint density at radius 2 is 1.72 bits per heavy atom. The number of sulfonamides is 1. The van der Waals surface area contributed by atoms with Gasteiger partial charge in [-0.3, -0.25) is 14.4 Å². The molecule has 16 heteroatoms. The Kier molecular flexibility index (Phi) is 14.3. The molecule has 3 heterocycles. The highest BCUT2D eigenvalue weighted by Crippen LogP contribution is 2.37. The zero-order valence-corrected chi connectivity index (χ0v) is 39.4. The number of methoxy groups -OCH3 is 1. The quantitative estimate of drug-likeness (QED) is 0.108. The fourth-order valence-electron chi connectivity index (χ4n) is 7.85. The number of nitrogens with zero attached hydrogens (tertiary/aromatic N) is 3. The first-order valence-corrected chi connectivity index (χ1v) is 23.1. The number of anilines is 1. The number of alkyl carbamates (subject to hydrolysis) is 1. The summed E-state index contributed by atoms with van der Waals surface area (Å²) in [5.74, 6) is -1.71. The number of aromatic nitrogens is 1. The van der Waals surface area contributed by atoms with Gasteiger partial charge in [0.05, 0.1) is 29.8 Å². The molecule has 0 spiro atoms. The Morgan fingerprint density at radius 1 is 1.00 bits per heavy atom. The molecule has 0 aliphatic carbocycles. The van der Waals surface area contributed by atoms with Crippen LogP contribution in [-0.2, 0) is 35.6 Å². The van der Waals surface area contributed by atoms with Gasteiger partial charge in [-0.1, -0.05) is 62.4 Å². The number of carbonyl (C=O) groups excluding carboxylic acids is 4. The standard InChI is InChI=1S/C49H60N6O9S/c1-11-31(4)21-23-49(8,46(58)53-65(60,61)36-15-13-12-14-16-36)52-44(56)41-27-35(29-55(41)45(57)43(30(2)3)51-47(59)64-48(5,6)7)63-42-28-38(50-39-26-34(62-10)18-19-37(39)42)32-17-20-40-33(25-32)22-24-54(40)9/h11-21,25-26,28,30,35,41,43H,1,22-24,27,29H2,2-10H3,(H,51,59)(H,52,56)(H,53,58)/t35-,41+,43+,49?/m1/s1. The zero-order chi connectivity index (χ0) is 47.4. The second-order valence-electron chi connectivity index (χ2n) is 18.2.